The van der Waals surface area contributed by atoms with E-state index in [-0.39, 0.29) is 31.2 Å². The van der Waals surface area contributed by atoms with Gasteiger partial charge in [-0.05, 0) is 11.5 Å². The summed E-state index contributed by atoms with van der Waals surface area (Å²) in [5.74, 6) is 0.161. The first kappa shape index (κ1) is 12.9. The largest absolute Gasteiger partial charge is 0.445 e. The topological polar surface area (TPSA) is 29.5 Å². The highest BCUT2D eigenvalue weighted by Crippen LogP contribution is 2.23. The number of hydrogen-bond acceptors (Lipinski definition) is 2. The molecule has 0 N–H and O–H groups in total. The van der Waals surface area contributed by atoms with Crippen molar-refractivity contribution in [3.05, 3.63) is 35.9 Å². The number of halogens is 1. The predicted molar refractivity (Wildman–Crippen MR) is 66.8 cm³/mol. The quantitative estimate of drug-likeness (QED) is 0.826. The summed E-state index contributed by atoms with van der Waals surface area (Å²) in [5, 5.41) is 0. The zero-order chi connectivity index (χ0) is 13.0. The summed E-state index contributed by atoms with van der Waals surface area (Å²) in [6.45, 7) is 2.91. The van der Waals surface area contributed by atoms with Crippen LogP contribution in [-0.2, 0) is 11.3 Å². The lowest BCUT2D eigenvalue weighted by Crippen LogP contribution is -2.29. The van der Waals surface area contributed by atoms with Gasteiger partial charge in [-0.1, -0.05) is 37.3 Å². The summed E-state index contributed by atoms with van der Waals surface area (Å²) >= 11 is 0. The van der Waals surface area contributed by atoms with Crippen LogP contribution in [0.3, 0.4) is 0 Å². The van der Waals surface area contributed by atoms with Crippen molar-refractivity contribution < 1.29 is 13.9 Å². The molecule has 2 rings (SSSR count). The molecule has 1 fully saturated rings. The highest BCUT2D eigenvalue weighted by molar-refractivity contribution is 5.68. The molecular formula is C14H18FNO2. The molecule has 0 aliphatic carbocycles. The molecule has 1 aliphatic heterocycles. The van der Waals surface area contributed by atoms with Gasteiger partial charge in [0.15, 0.2) is 0 Å². The molecule has 3 nitrogen and oxygen atoms in total. The van der Waals surface area contributed by atoms with E-state index in [2.05, 4.69) is 0 Å². The molecule has 0 spiro atoms. The fourth-order valence-corrected chi connectivity index (χ4v) is 2.19. The van der Waals surface area contributed by atoms with Crippen molar-refractivity contribution >= 4 is 6.09 Å². The molecule has 0 bridgehead atoms. The number of likely N-dealkylation sites (tertiary alicyclic amines) is 1. The lowest BCUT2D eigenvalue weighted by atomic mass is 10.0. The maximum Gasteiger partial charge on any atom is 0.410 e. The number of carbonyl (C=O) groups excluding carboxylic acids is 1. The minimum Gasteiger partial charge on any atom is -0.445 e. The van der Waals surface area contributed by atoms with Gasteiger partial charge in [0.25, 0.3) is 0 Å². The maximum absolute atomic E-state index is 12.7. The van der Waals surface area contributed by atoms with E-state index in [1.807, 2.05) is 37.3 Å². The fourth-order valence-electron chi connectivity index (χ4n) is 2.19. The Bertz CT molecular complexity index is 396. The molecule has 2 atom stereocenters. The molecule has 1 amide bonds. The van der Waals surface area contributed by atoms with Gasteiger partial charge in [-0.25, -0.2) is 4.79 Å². The van der Waals surface area contributed by atoms with Crippen LogP contribution in [0.1, 0.15) is 12.5 Å². The van der Waals surface area contributed by atoms with Crippen molar-refractivity contribution in [3.63, 3.8) is 0 Å². The third kappa shape index (κ3) is 3.00. The molecule has 1 saturated heterocycles. The Morgan fingerprint density at radius 3 is 2.72 bits per heavy atom. The third-order valence-corrected chi connectivity index (χ3v) is 3.43. The normalized spacial score (nSPS) is 23.1. The molecule has 98 valence electrons. The van der Waals surface area contributed by atoms with E-state index in [9.17, 15) is 9.18 Å². The minimum atomic E-state index is -0.371. The van der Waals surface area contributed by atoms with Crippen LogP contribution in [0.4, 0.5) is 9.18 Å². The van der Waals surface area contributed by atoms with Gasteiger partial charge < -0.3 is 9.64 Å². The van der Waals surface area contributed by atoms with Crippen molar-refractivity contribution in [2.45, 2.75) is 13.5 Å². The Balaban J connectivity index is 1.82. The van der Waals surface area contributed by atoms with Gasteiger partial charge >= 0.3 is 6.09 Å². The summed E-state index contributed by atoms with van der Waals surface area (Å²) in [5.41, 5.74) is 0.958. The second-order valence-electron chi connectivity index (χ2n) is 4.84. The molecule has 0 unspecified atom stereocenters. The number of carbonyl (C=O) groups is 1. The van der Waals surface area contributed by atoms with Gasteiger partial charge in [-0.3, -0.25) is 4.39 Å². The number of ether oxygens (including phenoxy) is 1. The number of rotatable bonds is 3. The molecule has 0 radical (unpaired) electrons. The summed E-state index contributed by atoms with van der Waals surface area (Å²) in [6, 6.07) is 9.54. The van der Waals surface area contributed by atoms with Crippen LogP contribution in [0, 0.1) is 11.8 Å². The van der Waals surface area contributed by atoms with Crippen molar-refractivity contribution in [3.8, 4) is 0 Å². The third-order valence-electron chi connectivity index (χ3n) is 3.43. The number of hydrogen-bond donors (Lipinski definition) is 0. The highest BCUT2D eigenvalue weighted by Gasteiger charge is 2.33. The van der Waals surface area contributed by atoms with Crippen molar-refractivity contribution in [2.24, 2.45) is 11.8 Å². The molecule has 0 saturated carbocycles. The molecule has 18 heavy (non-hydrogen) atoms. The smallest absolute Gasteiger partial charge is 0.410 e. The lowest BCUT2D eigenvalue weighted by Gasteiger charge is -2.15. The molecular weight excluding hydrogens is 233 g/mol. The first-order valence-corrected chi connectivity index (χ1v) is 6.22. The van der Waals surface area contributed by atoms with Crippen molar-refractivity contribution in [1.29, 1.82) is 0 Å². The van der Waals surface area contributed by atoms with Crippen LogP contribution in [-0.4, -0.2) is 30.8 Å². The predicted octanol–water partition coefficient (Wildman–Crippen LogP) is 2.86. The van der Waals surface area contributed by atoms with E-state index in [1.54, 1.807) is 4.90 Å². The number of alkyl halides is 1. The average Bonchev–Trinajstić information content (AvgIpc) is 2.78. The standard InChI is InChI=1S/C14H18FNO2/c1-11-8-16(9-13(11)7-15)14(17)18-10-12-5-3-2-4-6-12/h2-6,11,13H,7-10H2,1H3/t11-,13+/m0/s1. The monoisotopic (exact) mass is 251 g/mol. The molecule has 4 heteroatoms. The van der Waals surface area contributed by atoms with E-state index >= 15 is 0 Å². The van der Waals surface area contributed by atoms with E-state index in [1.165, 1.54) is 0 Å². The van der Waals surface area contributed by atoms with E-state index in [0.29, 0.717) is 13.1 Å². The fraction of sp³-hybridized carbons (Fsp3) is 0.500. The number of benzene rings is 1. The molecule has 0 aromatic heterocycles. The Kier molecular flexibility index (Phi) is 4.18. The molecule has 1 heterocycles. The lowest BCUT2D eigenvalue weighted by molar-refractivity contribution is 0.102. The van der Waals surface area contributed by atoms with Gasteiger partial charge in [0.05, 0.1) is 6.67 Å². The van der Waals surface area contributed by atoms with Gasteiger partial charge in [0, 0.05) is 19.0 Å². The summed E-state index contributed by atoms with van der Waals surface area (Å²) < 4.78 is 17.9. The number of amides is 1. The van der Waals surface area contributed by atoms with E-state index in [0.717, 1.165) is 5.56 Å². The first-order valence-electron chi connectivity index (χ1n) is 6.22. The second kappa shape index (κ2) is 5.85. The van der Waals surface area contributed by atoms with Crippen LogP contribution in [0.25, 0.3) is 0 Å². The summed E-state index contributed by atoms with van der Waals surface area (Å²) in [6.07, 6.45) is -0.346. The van der Waals surface area contributed by atoms with Crippen LogP contribution in [0.2, 0.25) is 0 Å². The van der Waals surface area contributed by atoms with Crippen LogP contribution >= 0.6 is 0 Å². The second-order valence-corrected chi connectivity index (χ2v) is 4.84. The van der Waals surface area contributed by atoms with Crippen molar-refractivity contribution in [1.82, 2.24) is 4.90 Å². The number of nitrogens with zero attached hydrogens (tertiary/aromatic N) is 1. The zero-order valence-electron chi connectivity index (χ0n) is 10.5. The Hall–Kier alpha value is -1.58. The summed E-state index contributed by atoms with van der Waals surface area (Å²) in [7, 11) is 0. The summed E-state index contributed by atoms with van der Waals surface area (Å²) in [4.78, 5) is 13.4. The van der Waals surface area contributed by atoms with Crippen LogP contribution < -0.4 is 0 Å². The van der Waals surface area contributed by atoms with Crippen LogP contribution in [0.15, 0.2) is 30.3 Å². The van der Waals surface area contributed by atoms with Gasteiger partial charge in [-0.15, -0.1) is 0 Å². The van der Waals surface area contributed by atoms with Gasteiger partial charge in [-0.2, -0.15) is 0 Å². The molecule has 1 aromatic carbocycles. The van der Waals surface area contributed by atoms with Gasteiger partial charge in [0.1, 0.15) is 6.61 Å². The van der Waals surface area contributed by atoms with Gasteiger partial charge in [0.2, 0.25) is 0 Å². The maximum atomic E-state index is 12.7. The van der Waals surface area contributed by atoms with E-state index in [4.69, 9.17) is 4.74 Å². The van der Waals surface area contributed by atoms with Crippen LogP contribution in [0.5, 0.6) is 0 Å². The molecule has 1 aromatic rings. The minimum absolute atomic E-state index is 0.0470. The highest BCUT2D eigenvalue weighted by atomic mass is 19.1. The Labute approximate surface area is 107 Å². The van der Waals surface area contributed by atoms with Crippen molar-refractivity contribution in [2.75, 3.05) is 19.8 Å². The Morgan fingerprint density at radius 2 is 2.11 bits per heavy atom. The van der Waals surface area contributed by atoms with E-state index < -0.39 is 0 Å². The average molecular weight is 251 g/mol. The first-order chi connectivity index (χ1) is 8.70. The SMILES string of the molecule is C[C@H]1CN(C(=O)OCc2ccccc2)C[C@H]1CF. The molecule has 1 aliphatic rings. The zero-order valence-corrected chi connectivity index (χ0v) is 10.5. The Morgan fingerprint density at radius 1 is 1.39 bits per heavy atom.